The number of rotatable bonds is 7. The normalized spacial score (nSPS) is 10.5. The first-order valence-electron chi connectivity index (χ1n) is 8.14. The summed E-state index contributed by atoms with van der Waals surface area (Å²) >= 11 is 0. The maximum atomic E-state index is 11.6. The highest BCUT2D eigenvalue weighted by atomic mass is 16.5. The lowest BCUT2D eigenvalue weighted by Gasteiger charge is -2.13. The molecule has 134 valence electrons. The molecule has 0 aliphatic rings. The van der Waals surface area contributed by atoms with Crippen LogP contribution in [-0.4, -0.2) is 39.2 Å². The van der Waals surface area contributed by atoms with E-state index in [4.69, 9.17) is 9.47 Å². The zero-order valence-corrected chi connectivity index (χ0v) is 14.4. The van der Waals surface area contributed by atoms with Crippen molar-refractivity contribution in [3.8, 4) is 11.8 Å². The second-order valence-corrected chi connectivity index (χ2v) is 5.25. The number of carboxylic acid groups (broad SMARTS) is 1. The summed E-state index contributed by atoms with van der Waals surface area (Å²) in [5, 5.41) is 13.2. The van der Waals surface area contributed by atoms with Crippen molar-refractivity contribution in [1.29, 1.82) is 0 Å². The van der Waals surface area contributed by atoms with Gasteiger partial charge in [0.15, 0.2) is 5.65 Å². The number of carboxylic acids is 1. The van der Waals surface area contributed by atoms with Gasteiger partial charge < -0.3 is 19.9 Å². The highest BCUT2D eigenvalue weighted by molar-refractivity contribution is 6.04. The standard InChI is InChI=1S/C18H18N4O4/c1-3-25-14-7-5-11(9-19-14)21-16-12-6-8-15(26-4-2)22-17(12)20-10-13(16)18(23)24/h5-10H,3-4H2,1-2H3,(H,23,24)(H,20,21,22). The summed E-state index contributed by atoms with van der Waals surface area (Å²) in [6, 6.07) is 6.89. The number of fused-ring (bicyclic) bond motifs is 1. The van der Waals surface area contributed by atoms with Crippen LogP contribution in [-0.2, 0) is 0 Å². The Morgan fingerprint density at radius 3 is 2.42 bits per heavy atom. The molecule has 0 aliphatic carbocycles. The van der Waals surface area contributed by atoms with Crippen LogP contribution in [0.4, 0.5) is 11.4 Å². The Labute approximate surface area is 149 Å². The number of aromatic carboxylic acids is 1. The Morgan fingerprint density at radius 2 is 1.77 bits per heavy atom. The number of pyridine rings is 3. The van der Waals surface area contributed by atoms with Crippen LogP contribution < -0.4 is 14.8 Å². The van der Waals surface area contributed by atoms with Crippen molar-refractivity contribution in [2.45, 2.75) is 13.8 Å². The average Bonchev–Trinajstić information content (AvgIpc) is 2.63. The average molecular weight is 354 g/mol. The predicted molar refractivity (Wildman–Crippen MR) is 96.4 cm³/mol. The van der Waals surface area contributed by atoms with Gasteiger partial charge in [-0.2, -0.15) is 4.98 Å². The van der Waals surface area contributed by atoms with E-state index >= 15 is 0 Å². The maximum Gasteiger partial charge on any atom is 0.339 e. The van der Waals surface area contributed by atoms with Gasteiger partial charge in [0.25, 0.3) is 0 Å². The van der Waals surface area contributed by atoms with Gasteiger partial charge in [-0.1, -0.05) is 0 Å². The number of ether oxygens (including phenoxy) is 2. The number of carbonyl (C=O) groups is 1. The van der Waals surface area contributed by atoms with E-state index in [0.717, 1.165) is 0 Å². The molecule has 0 saturated heterocycles. The van der Waals surface area contributed by atoms with E-state index in [1.807, 2.05) is 13.8 Å². The summed E-state index contributed by atoms with van der Waals surface area (Å²) in [5.41, 5.74) is 1.45. The van der Waals surface area contributed by atoms with E-state index in [1.54, 1.807) is 30.5 Å². The minimum absolute atomic E-state index is 0.0392. The smallest absolute Gasteiger partial charge is 0.339 e. The fourth-order valence-electron chi connectivity index (χ4n) is 2.42. The van der Waals surface area contributed by atoms with Crippen LogP contribution in [0.15, 0.2) is 36.7 Å². The molecule has 3 aromatic rings. The summed E-state index contributed by atoms with van der Waals surface area (Å²) in [4.78, 5) is 24.2. The number of hydrogen-bond acceptors (Lipinski definition) is 7. The van der Waals surface area contributed by atoms with Crippen molar-refractivity contribution < 1.29 is 19.4 Å². The molecule has 0 spiro atoms. The maximum absolute atomic E-state index is 11.6. The summed E-state index contributed by atoms with van der Waals surface area (Å²) in [6.45, 7) is 4.73. The van der Waals surface area contributed by atoms with E-state index in [9.17, 15) is 9.90 Å². The van der Waals surface area contributed by atoms with Gasteiger partial charge in [-0.05, 0) is 26.0 Å². The number of anilines is 2. The van der Waals surface area contributed by atoms with Gasteiger partial charge in [0.1, 0.15) is 5.56 Å². The Hall–Kier alpha value is -3.42. The monoisotopic (exact) mass is 354 g/mol. The zero-order valence-electron chi connectivity index (χ0n) is 14.4. The molecule has 0 atom stereocenters. The third-order valence-corrected chi connectivity index (χ3v) is 3.52. The van der Waals surface area contributed by atoms with E-state index in [2.05, 4.69) is 20.3 Å². The van der Waals surface area contributed by atoms with Gasteiger partial charge in [-0.25, -0.2) is 14.8 Å². The molecular weight excluding hydrogens is 336 g/mol. The molecule has 26 heavy (non-hydrogen) atoms. The molecule has 0 saturated carbocycles. The lowest BCUT2D eigenvalue weighted by molar-refractivity contribution is 0.0697. The van der Waals surface area contributed by atoms with Gasteiger partial charge in [0.2, 0.25) is 11.8 Å². The molecule has 2 N–H and O–H groups in total. The van der Waals surface area contributed by atoms with Gasteiger partial charge in [0.05, 0.1) is 30.8 Å². The molecule has 3 rings (SSSR count). The minimum atomic E-state index is -1.09. The molecule has 0 fully saturated rings. The first-order valence-corrected chi connectivity index (χ1v) is 8.14. The van der Waals surface area contributed by atoms with E-state index in [1.165, 1.54) is 6.20 Å². The lowest BCUT2D eigenvalue weighted by atomic mass is 10.1. The minimum Gasteiger partial charge on any atom is -0.478 e. The van der Waals surface area contributed by atoms with Gasteiger partial charge in [-0.15, -0.1) is 0 Å². The predicted octanol–water partition coefficient (Wildman–Crippen LogP) is 3.26. The molecule has 0 unspecified atom stereocenters. The topological polar surface area (TPSA) is 106 Å². The van der Waals surface area contributed by atoms with Crippen LogP contribution in [0.5, 0.6) is 11.8 Å². The van der Waals surface area contributed by atoms with Crippen LogP contribution in [0.25, 0.3) is 11.0 Å². The fraction of sp³-hybridized carbons (Fsp3) is 0.222. The van der Waals surface area contributed by atoms with Crippen molar-refractivity contribution in [3.63, 3.8) is 0 Å². The van der Waals surface area contributed by atoms with Crippen molar-refractivity contribution in [2.24, 2.45) is 0 Å². The van der Waals surface area contributed by atoms with Crippen LogP contribution >= 0.6 is 0 Å². The van der Waals surface area contributed by atoms with E-state index < -0.39 is 5.97 Å². The molecule has 0 amide bonds. The van der Waals surface area contributed by atoms with E-state index in [-0.39, 0.29) is 5.56 Å². The quantitative estimate of drug-likeness (QED) is 0.666. The van der Waals surface area contributed by atoms with Crippen LogP contribution in [0.3, 0.4) is 0 Å². The molecular formula is C18H18N4O4. The molecule has 0 bridgehead atoms. The largest absolute Gasteiger partial charge is 0.478 e. The number of nitrogens with zero attached hydrogens (tertiary/aromatic N) is 3. The first-order chi connectivity index (χ1) is 12.6. The zero-order chi connectivity index (χ0) is 18.5. The second-order valence-electron chi connectivity index (χ2n) is 5.25. The van der Waals surface area contributed by atoms with Crippen LogP contribution in [0, 0.1) is 0 Å². The third kappa shape index (κ3) is 3.64. The van der Waals surface area contributed by atoms with Crippen molar-refractivity contribution in [3.05, 3.63) is 42.2 Å². The van der Waals surface area contributed by atoms with Crippen molar-refractivity contribution in [1.82, 2.24) is 15.0 Å². The van der Waals surface area contributed by atoms with Crippen LogP contribution in [0.2, 0.25) is 0 Å². The van der Waals surface area contributed by atoms with E-state index in [0.29, 0.717) is 47.4 Å². The van der Waals surface area contributed by atoms with Gasteiger partial charge in [0, 0.05) is 23.7 Å². The van der Waals surface area contributed by atoms with Crippen LogP contribution in [0.1, 0.15) is 24.2 Å². The highest BCUT2D eigenvalue weighted by Gasteiger charge is 2.16. The van der Waals surface area contributed by atoms with Crippen molar-refractivity contribution >= 4 is 28.4 Å². The number of aromatic nitrogens is 3. The molecule has 8 heteroatoms. The Kier molecular flexibility index (Phi) is 5.12. The summed E-state index contributed by atoms with van der Waals surface area (Å²) < 4.78 is 10.7. The third-order valence-electron chi connectivity index (χ3n) is 3.52. The molecule has 0 aliphatic heterocycles. The summed E-state index contributed by atoms with van der Waals surface area (Å²) in [7, 11) is 0. The Morgan fingerprint density at radius 1 is 1.04 bits per heavy atom. The summed E-state index contributed by atoms with van der Waals surface area (Å²) in [5.74, 6) is -0.155. The molecule has 3 heterocycles. The van der Waals surface area contributed by atoms with Gasteiger partial charge in [-0.3, -0.25) is 0 Å². The van der Waals surface area contributed by atoms with Crippen molar-refractivity contribution in [2.75, 3.05) is 18.5 Å². The first kappa shape index (κ1) is 17.4. The molecule has 0 aromatic carbocycles. The number of nitrogens with one attached hydrogen (secondary N) is 1. The Balaban J connectivity index is 2.03. The van der Waals surface area contributed by atoms with Gasteiger partial charge >= 0.3 is 5.97 Å². The molecule has 3 aromatic heterocycles. The second kappa shape index (κ2) is 7.64. The molecule has 8 nitrogen and oxygen atoms in total. The Bertz CT molecular complexity index is 928. The SMILES string of the molecule is CCOc1ccc(Nc2c(C(=O)O)cnc3nc(OCC)ccc23)cn1. The molecule has 0 radical (unpaired) electrons. The highest BCUT2D eigenvalue weighted by Crippen LogP contribution is 2.30. The summed E-state index contributed by atoms with van der Waals surface area (Å²) in [6.07, 6.45) is 2.85. The lowest BCUT2D eigenvalue weighted by Crippen LogP contribution is -2.06. The number of hydrogen-bond donors (Lipinski definition) is 2. The fourth-order valence-corrected chi connectivity index (χ4v) is 2.42.